The third-order valence-corrected chi connectivity index (χ3v) is 15.9. The third kappa shape index (κ3) is 30.9. The second-order valence-corrected chi connectivity index (χ2v) is 29.1. The van der Waals surface area contributed by atoms with Crippen LogP contribution in [0.1, 0.15) is 172 Å². The highest BCUT2D eigenvalue weighted by Gasteiger charge is 2.39. The van der Waals surface area contributed by atoms with Crippen LogP contribution in [-0.4, -0.2) is 168 Å². The zero-order valence-electron chi connectivity index (χ0n) is 63.3. The Morgan fingerprint density at radius 2 is 0.661 bits per heavy atom. The van der Waals surface area contributed by atoms with Crippen molar-refractivity contribution in [2.75, 3.05) is 26.4 Å². The van der Waals surface area contributed by atoms with Crippen molar-refractivity contribution in [3.8, 4) is 22.7 Å². The fourth-order valence-electron chi connectivity index (χ4n) is 9.18. The van der Waals surface area contributed by atoms with Crippen molar-refractivity contribution in [3.63, 3.8) is 0 Å². The number of aliphatic hydroxyl groups excluding tert-OH is 1. The van der Waals surface area contributed by atoms with Crippen molar-refractivity contribution in [1.29, 1.82) is 0 Å². The lowest BCUT2D eigenvalue weighted by Gasteiger charge is -2.25. The van der Waals surface area contributed by atoms with Gasteiger partial charge in [0.2, 0.25) is 0 Å². The Kier molecular flexibility index (Phi) is 35.7. The van der Waals surface area contributed by atoms with Crippen molar-refractivity contribution < 1.29 is 124 Å². The Balaban J connectivity index is 0.000000282. The molecule has 6 atom stereocenters. The van der Waals surface area contributed by atoms with Gasteiger partial charge < -0.3 is 65.8 Å². The lowest BCUT2D eigenvalue weighted by molar-refractivity contribution is -0.150. The van der Waals surface area contributed by atoms with E-state index < -0.39 is 170 Å². The Hall–Kier alpha value is -10.4. The number of carbonyl (C=O) groups is 6. The first-order valence-electron chi connectivity index (χ1n) is 33.8. The maximum Gasteiger partial charge on any atom is 0.408 e. The molecule has 0 saturated heterocycles. The number of rotatable bonds is 24. The fourth-order valence-corrected chi connectivity index (χ4v) is 10.0. The van der Waals surface area contributed by atoms with E-state index in [0.717, 1.165) is 57.9 Å². The summed E-state index contributed by atoms with van der Waals surface area (Å²) in [6.45, 7) is 14.6. The molecule has 0 spiro atoms. The molecule has 118 heavy (non-hydrogen) atoms. The summed E-state index contributed by atoms with van der Waals surface area (Å²) >= 11 is 29.6. The quantitative estimate of drug-likeness (QED) is 0.0168. The van der Waals surface area contributed by atoms with Crippen molar-refractivity contribution >= 4 is 93.9 Å². The molecular formula is C68H75Cl5F14N18O13. The van der Waals surface area contributed by atoms with Gasteiger partial charge in [0.15, 0.2) is 23.3 Å². The number of nitrogens with zero attached hydrogens (tertiary/aromatic N) is 12. The van der Waals surface area contributed by atoms with E-state index in [-0.39, 0.29) is 55.0 Å². The summed E-state index contributed by atoms with van der Waals surface area (Å²) in [7, 11) is 0. The molecule has 8 aromatic rings. The summed E-state index contributed by atoms with van der Waals surface area (Å²) in [5, 5.41) is 35.7. The first-order chi connectivity index (χ1) is 54.7. The van der Waals surface area contributed by atoms with Crippen molar-refractivity contribution in [1.82, 2.24) is 85.6 Å². The van der Waals surface area contributed by atoms with E-state index in [4.69, 9.17) is 87.4 Å². The minimum atomic E-state index is -4.70. The van der Waals surface area contributed by atoms with Gasteiger partial charge in [-0.3, -0.25) is 0 Å². The minimum Gasteiger partial charge on any atom is -0.451 e. The number of nitrogens with one attached hydrogen (secondary N) is 5. The molecular weight excluding hydrogens is 1720 g/mol. The third-order valence-electron chi connectivity index (χ3n) is 14.6. The van der Waals surface area contributed by atoms with Crippen LogP contribution in [0.3, 0.4) is 0 Å². The highest BCUT2D eigenvalue weighted by Crippen LogP contribution is 2.34. The predicted molar refractivity (Wildman–Crippen MR) is 393 cm³/mol. The first kappa shape index (κ1) is 98.2. The number of ether oxygens (including phenoxy) is 6. The molecule has 5 amide bonds. The van der Waals surface area contributed by atoms with Crippen LogP contribution in [0.4, 0.5) is 90.2 Å². The lowest BCUT2D eigenvalue weighted by atomic mass is 10.1. The van der Waals surface area contributed by atoms with Crippen LogP contribution in [0.2, 0.25) is 20.1 Å². The SMILES string of the molecule is CC(C)(C)OC(=O)N[C@H](CO)c1ccc(Cl)c(-n2ncnc2C(F)F)c1.CC(C)(C)OC(=O)N[C@H](COC(=O)Cl)c1ccc(Cl)c(-n2ncnc2C(F)F)c1.C[C@H](NC(=O)OC[C@@H](N)c1ccc(Cl)c(-n2ncnc2C(F)F)c1)C(F)(F)F.C[C@H](NC(=O)OC[C@@H](NC(=O)OC(C)(C)C)c1ccc(Cl)c(-n2ncnc2C(F)F)c1)C(F)(F)F. The van der Waals surface area contributed by atoms with E-state index in [1.54, 1.807) is 79.0 Å². The van der Waals surface area contributed by atoms with Gasteiger partial charge in [0.25, 0.3) is 25.7 Å². The predicted octanol–water partition coefficient (Wildman–Crippen LogP) is 16.9. The van der Waals surface area contributed by atoms with Gasteiger partial charge >= 0.3 is 48.2 Å². The molecule has 0 fully saturated rings. The van der Waals surface area contributed by atoms with Crippen LogP contribution in [0, 0.1) is 0 Å². The first-order valence-corrected chi connectivity index (χ1v) is 35.7. The molecule has 0 aliphatic heterocycles. The van der Waals surface area contributed by atoms with Gasteiger partial charge in [0.1, 0.15) is 74.0 Å². The molecule has 31 nitrogen and oxygen atoms in total. The normalized spacial score (nSPS) is 13.4. The number of carbonyl (C=O) groups excluding carboxylic acids is 6. The average Bonchev–Trinajstić information content (AvgIpc) is 1.56. The second kappa shape index (κ2) is 42.9. The molecule has 0 aliphatic carbocycles. The van der Waals surface area contributed by atoms with E-state index >= 15 is 0 Å². The van der Waals surface area contributed by atoms with Gasteiger partial charge in [-0.2, -0.15) is 46.7 Å². The summed E-state index contributed by atoms with van der Waals surface area (Å²) in [5.74, 6) is -2.50. The maximum absolute atomic E-state index is 13.3. The number of amides is 5. The molecule has 0 bridgehead atoms. The molecule has 0 radical (unpaired) electrons. The van der Waals surface area contributed by atoms with Gasteiger partial charge in [-0.1, -0.05) is 70.7 Å². The number of aliphatic hydroxyl groups is 1. The number of hydrogen-bond acceptors (Lipinski definition) is 22. The zero-order valence-corrected chi connectivity index (χ0v) is 67.1. The van der Waals surface area contributed by atoms with Gasteiger partial charge in [0, 0.05) is 11.6 Å². The smallest absolute Gasteiger partial charge is 0.408 e. The van der Waals surface area contributed by atoms with Gasteiger partial charge in [-0.05, 0) is 147 Å². The van der Waals surface area contributed by atoms with Crippen LogP contribution in [0.5, 0.6) is 0 Å². The Labute approximate surface area is 686 Å². The molecule has 4 heterocycles. The molecule has 0 unspecified atom stereocenters. The number of halogens is 19. The molecule has 648 valence electrons. The number of alkyl carbamates (subject to hydrolysis) is 5. The van der Waals surface area contributed by atoms with Gasteiger partial charge in [-0.15, -0.1) is 0 Å². The number of aromatic nitrogens is 12. The second-order valence-electron chi connectivity index (χ2n) is 27.1. The summed E-state index contributed by atoms with van der Waals surface area (Å²) in [6.07, 6.45) is -22.3. The van der Waals surface area contributed by atoms with E-state index in [9.17, 15) is 95.3 Å². The highest BCUT2D eigenvalue weighted by atomic mass is 35.5. The Morgan fingerprint density at radius 1 is 0.407 bits per heavy atom. The molecule has 8 rings (SSSR count). The fraction of sp³-hybridized carbons (Fsp3) is 0.441. The summed E-state index contributed by atoms with van der Waals surface area (Å²) in [4.78, 5) is 84.7. The molecule has 4 aromatic carbocycles. The standard InChI is InChI=1S/C20H23ClF5N5O4.C17H18Cl2F2N4O4.C16H19ClF2N4O3.C15H15ClF5N5O2/c1-10(20(24,25)26)29-17(32)34-8-13(30-18(33)35-19(2,3)4)11-5-6-12(21)14(7-11)31-16(15(22)23)27-9-28-31;1-17(2,3)29-16(27)24-11(7-28-15(19)26)9-4-5-10(18)12(6-9)25-14(13(20)21)22-8-23-25;1-16(2,3)26-15(25)22-11(7-24)9-4-5-10(17)12(6-9)23-14(13(18)19)20-8-21-23;1-7(15(19,20)21)25-14(27)28-5-10(22)8-2-3-9(16)11(4-8)26-13(12(17)18)23-6-24-26/h5-7,9-10,13,15H,8H2,1-4H3,(H,29,32)(H,30,33);4-6,8,11,13H,7H2,1-3H3,(H,24,27);4-6,8,11,13,24H,7H2,1-3H3,(H,22,25);2-4,6-7,10,12H,5,22H2,1H3,(H,25,27)/t10-,13+;2*11-;7-,10+/m0110/s1. The number of benzene rings is 4. The number of hydrogen-bond donors (Lipinski definition) is 7. The van der Waals surface area contributed by atoms with E-state index in [1.165, 1.54) is 66.7 Å². The van der Waals surface area contributed by atoms with Crippen LogP contribution in [0.25, 0.3) is 22.7 Å². The van der Waals surface area contributed by atoms with Crippen LogP contribution >= 0.6 is 58.0 Å². The van der Waals surface area contributed by atoms with E-state index in [0.29, 0.717) is 16.7 Å². The van der Waals surface area contributed by atoms with Gasteiger partial charge in [-0.25, -0.2) is 103 Å². The molecule has 0 saturated carbocycles. The van der Waals surface area contributed by atoms with Crippen molar-refractivity contribution in [2.24, 2.45) is 5.73 Å². The monoisotopic (exact) mass is 1790 g/mol. The van der Waals surface area contributed by atoms with Crippen LogP contribution in [0.15, 0.2) is 98.1 Å². The maximum atomic E-state index is 13.3. The van der Waals surface area contributed by atoms with Crippen molar-refractivity contribution in [3.05, 3.63) is 164 Å². The minimum absolute atomic E-state index is 0.00910. The molecule has 8 N–H and O–H groups in total. The highest BCUT2D eigenvalue weighted by molar-refractivity contribution is 6.61. The average molecular weight is 1800 g/mol. The summed E-state index contributed by atoms with van der Waals surface area (Å²) in [6, 6.07) is 8.86. The van der Waals surface area contributed by atoms with Gasteiger partial charge in [0.05, 0.1) is 73.6 Å². The topological polar surface area (TPSA) is 387 Å². The lowest BCUT2D eigenvalue weighted by Crippen LogP contribution is -2.44. The van der Waals surface area contributed by atoms with Crippen LogP contribution < -0.4 is 32.3 Å². The van der Waals surface area contributed by atoms with E-state index in [2.05, 4.69) is 61.0 Å². The Bertz CT molecular complexity index is 4680. The largest absolute Gasteiger partial charge is 0.451 e. The Morgan fingerprint density at radius 3 is 0.924 bits per heavy atom. The van der Waals surface area contributed by atoms with Crippen molar-refractivity contribution in [2.45, 2.75) is 167 Å². The van der Waals surface area contributed by atoms with Crippen LogP contribution in [-0.2, 0) is 28.4 Å². The zero-order chi connectivity index (χ0) is 88.9. The number of alkyl halides is 14. The molecule has 0 aliphatic rings. The number of nitrogens with two attached hydrogens (primary N) is 1. The molecule has 50 heteroatoms. The summed E-state index contributed by atoms with van der Waals surface area (Å²) in [5.41, 5.74) is 4.06. The summed E-state index contributed by atoms with van der Waals surface area (Å²) < 4.78 is 214. The van der Waals surface area contributed by atoms with E-state index in [1.807, 2.05) is 0 Å². The molecule has 4 aromatic heterocycles.